The van der Waals surface area contributed by atoms with E-state index in [0.29, 0.717) is 11.1 Å². The smallest absolute Gasteiger partial charge is 0.300 e. The zero-order valence-corrected chi connectivity index (χ0v) is 16.7. The molecule has 1 atom stereocenters. The zero-order valence-electron chi connectivity index (χ0n) is 15.9. The monoisotopic (exact) mass is 434 g/mol. The Balaban J connectivity index is 1.98. The Bertz CT molecular complexity index is 1240. The lowest BCUT2D eigenvalue weighted by Crippen LogP contribution is -2.29. The minimum absolute atomic E-state index is 0.143. The van der Waals surface area contributed by atoms with Crippen LogP contribution in [0, 0.1) is 10.1 Å². The third-order valence-electron chi connectivity index (χ3n) is 5.01. The molecule has 1 aliphatic heterocycles. The van der Waals surface area contributed by atoms with E-state index in [1.54, 1.807) is 54.6 Å². The molecule has 8 heteroatoms. The van der Waals surface area contributed by atoms with Crippen LogP contribution < -0.4 is 4.90 Å². The number of aliphatic hydroxyl groups is 1. The number of aliphatic hydroxyl groups excluding tert-OH is 1. The van der Waals surface area contributed by atoms with Gasteiger partial charge in [0.05, 0.1) is 22.2 Å². The maximum Gasteiger partial charge on any atom is 0.300 e. The number of hydrogen-bond donors (Lipinski definition) is 1. The minimum atomic E-state index is -1.06. The lowest BCUT2D eigenvalue weighted by molar-refractivity contribution is -0.384. The van der Waals surface area contributed by atoms with Crippen LogP contribution in [0.25, 0.3) is 5.76 Å². The number of carbonyl (C=O) groups is 2. The minimum Gasteiger partial charge on any atom is -0.507 e. The van der Waals surface area contributed by atoms with Crippen molar-refractivity contribution in [2.24, 2.45) is 0 Å². The Hall–Kier alpha value is -3.97. The van der Waals surface area contributed by atoms with Crippen LogP contribution in [0.4, 0.5) is 11.4 Å². The molecule has 0 saturated carbocycles. The molecule has 0 spiro atoms. The number of rotatable bonds is 4. The third-order valence-corrected chi connectivity index (χ3v) is 5.35. The van der Waals surface area contributed by atoms with E-state index in [-0.39, 0.29) is 27.7 Å². The Kier molecular flexibility index (Phi) is 5.27. The number of carbonyl (C=O) groups excluding carboxylic acids is 2. The van der Waals surface area contributed by atoms with Crippen molar-refractivity contribution < 1.29 is 19.6 Å². The van der Waals surface area contributed by atoms with E-state index in [1.165, 1.54) is 24.3 Å². The molecule has 1 N–H and O–H groups in total. The van der Waals surface area contributed by atoms with Crippen LogP contribution in [-0.2, 0) is 9.59 Å². The predicted octanol–water partition coefficient (Wildman–Crippen LogP) is 4.87. The number of nitro benzene ring substituents is 1. The van der Waals surface area contributed by atoms with Crippen molar-refractivity contribution in [2.75, 3.05) is 4.90 Å². The van der Waals surface area contributed by atoms with Crippen molar-refractivity contribution in [3.8, 4) is 0 Å². The molecule has 1 fully saturated rings. The fourth-order valence-electron chi connectivity index (χ4n) is 3.60. The summed E-state index contributed by atoms with van der Waals surface area (Å²) >= 11 is 6.39. The van der Waals surface area contributed by atoms with Crippen molar-refractivity contribution in [3.05, 3.63) is 111 Å². The van der Waals surface area contributed by atoms with Gasteiger partial charge in [0.25, 0.3) is 17.4 Å². The number of nitro groups is 1. The molecule has 0 aliphatic carbocycles. The summed E-state index contributed by atoms with van der Waals surface area (Å²) in [6.45, 7) is 0. The summed E-state index contributed by atoms with van der Waals surface area (Å²) in [5.74, 6) is -2.17. The molecule has 1 saturated heterocycles. The maximum absolute atomic E-state index is 13.0. The number of Topliss-reactive ketones (excluding diaryl/α,β-unsaturated/α-hetero) is 1. The largest absolute Gasteiger partial charge is 0.507 e. The Morgan fingerprint density at radius 3 is 2.32 bits per heavy atom. The molecule has 1 heterocycles. The molecule has 3 aromatic rings. The summed E-state index contributed by atoms with van der Waals surface area (Å²) in [7, 11) is 0. The van der Waals surface area contributed by atoms with E-state index in [0.717, 1.165) is 4.90 Å². The van der Waals surface area contributed by atoms with E-state index in [1.807, 2.05) is 0 Å². The molecule has 4 rings (SSSR count). The fourth-order valence-corrected chi connectivity index (χ4v) is 3.84. The Labute approximate surface area is 182 Å². The van der Waals surface area contributed by atoms with Gasteiger partial charge in [0.15, 0.2) is 0 Å². The highest BCUT2D eigenvalue weighted by Gasteiger charge is 2.47. The van der Waals surface area contributed by atoms with E-state index >= 15 is 0 Å². The molecular formula is C23H15ClN2O5. The molecule has 1 aliphatic rings. The molecular weight excluding hydrogens is 420 g/mol. The van der Waals surface area contributed by atoms with Crippen molar-refractivity contribution in [1.82, 2.24) is 0 Å². The van der Waals surface area contributed by atoms with Crippen LogP contribution in [-0.4, -0.2) is 21.7 Å². The molecule has 0 radical (unpaired) electrons. The SMILES string of the molecule is O=C1C(=O)N(c2cccc([N+](=O)[O-])c2)C(c2ccccc2Cl)/C1=C(\O)c1ccccc1. The summed E-state index contributed by atoms with van der Waals surface area (Å²) in [5, 5.41) is 22.5. The Morgan fingerprint density at radius 1 is 0.968 bits per heavy atom. The van der Waals surface area contributed by atoms with Gasteiger partial charge in [0.2, 0.25) is 0 Å². The molecule has 3 aromatic carbocycles. The molecule has 7 nitrogen and oxygen atoms in total. The number of non-ortho nitro benzene ring substituents is 1. The highest BCUT2D eigenvalue weighted by Crippen LogP contribution is 2.44. The second kappa shape index (κ2) is 8.04. The van der Waals surface area contributed by atoms with Crippen LogP contribution in [0.1, 0.15) is 17.2 Å². The van der Waals surface area contributed by atoms with Crippen molar-refractivity contribution >= 4 is 40.4 Å². The van der Waals surface area contributed by atoms with Crippen LogP contribution in [0.5, 0.6) is 0 Å². The molecule has 0 bridgehead atoms. The quantitative estimate of drug-likeness (QED) is 0.207. The van der Waals surface area contributed by atoms with Crippen molar-refractivity contribution in [2.45, 2.75) is 6.04 Å². The average molecular weight is 435 g/mol. The summed E-state index contributed by atoms with van der Waals surface area (Å²) in [5.41, 5.74) is 0.536. The van der Waals surface area contributed by atoms with Crippen LogP contribution in [0.15, 0.2) is 84.4 Å². The first-order valence-electron chi connectivity index (χ1n) is 9.25. The first-order valence-corrected chi connectivity index (χ1v) is 9.63. The third kappa shape index (κ3) is 3.55. The maximum atomic E-state index is 13.0. The number of anilines is 1. The van der Waals surface area contributed by atoms with Crippen LogP contribution in [0.3, 0.4) is 0 Å². The summed E-state index contributed by atoms with van der Waals surface area (Å²) in [4.78, 5) is 37.9. The van der Waals surface area contributed by atoms with Gasteiger partial charge in [-0.25, -0.2) is 0 Å². The van der Waals surface area contributed by atoms with E-state index < -0.39 is 22.7 Å². The zero-order chi connectivity index (χ0) is 22.1. The number of ketones is 1. The number of nitrogens with zero attached hydrogens (tertiary/aromatic N) is 2. The highest BCUT2D eigenvalue weighted by molar-refractivity contribution is 6.52. The van der Waals surface area contributed by atoms with E-state index in [4.69, 9.17) is 11.6 Å². The first-order chi connectivity index (χ1) is 14.9. The number of benzene rings is 3. The van der Waals surface area contributed by atoms with Gasteiger partial charge in [-0.05, 0) is 17.7 Å². The molecule has 1 amide bonds. The lowest BCUT2D eigenvalue weighted by atomic mass is 9.95. The number of hydrogen-bond acceptors (Lipinski definition) is 5. The van der Waals surface area contributed by atoms with Gasteiger partial charge in [-0.2, -0.15) is 0 Å². The predicted molar refractivity (Wildman–Crippen MR) is 116 cm³/mol. The van der Waals surface area contributed by atoms with Gasteiger partial charge >= 0.3 is 0 Å². The second-order valence-corrected chi connectivity index (χ2v) is 7.24. The molecule has 0 aromatic heterocycles. The van der Waals surface area contributed by atoms with E-state index in [9.17, 15) is 24.8 Å². The van der Waals surface area contributed by atoms with Gasteiger partial charge in [0, 0.05) is 22.7 Å². The number of halogens is 1. The first kappa shape index (κ1) is 20.3. The molecule has 154 valence electrons. The topological polar surface area (TPSA) is 101 Å². The lowest BCUT2D eigenvalue weighted by Gasteiger charge is -2.26. The van der Waals surface area contributed by atoms with Gasteiger partial charge in [-0.15, -0.1) is 0 Å². The number of amides is 1. The fraction of sp³-hybridized carbons (Fsp3) is 0.0435. The van der Waals surface area contributed by atoms with Gasteiger partial charge in [0.1, 0.15) is 5.76 Å². The Morgan fingerprint density at radius 2 is 1.65 bits per heavy atom. The van der Waals surface area contributed by atoms with Crippen molar-refractivity contribution in [1.29, 1.82) is 0 Å². The van der Waals surface area contributed by atoms with Crippen LogP contribution >= 0.6 is 11.6 Å². The summed E-state index contributed by atoms with van der Waals surface area (Å²) < 4.78 is 0. The van der Waals surface area contributed by atoms with E-state index in [2.05, 4.69) is 0 Å². The van der Waals surface area contributed by atoms with Crippen molar-refractivity contribution in [3.63, 3.8) is 0 Å². The van der Waals surface area contributed by atoms with Gasteiger partial charge in [-0.3, -0.25) is 24.6 Å². The average Bonchev–Trinajstić information content (AvgIpc) is 3.04. The summed E-state index contributed by atoms with van der Waals surface area (Å²) in [6.07, 6.45) is 0. The molecule has 1 unspecified atom stereocenters. The standard InChI is InChI=1S/C23H15ClN2O5/c24-18-12-5-4-11-17(18)20-19(21(27)14-7-2-1-3-8-14)22(28)23(29)25(20)15-9-6-10-16(13-15)26(30)31/h1-13,20,27H/b21-19+. The molecule has 31 heavy (non-hydrogen) atoms. The normalized spacial score (nSPS) is 17.7. The van der Waals surface area contributed by atoms with Crippen LogP contribution in [0.2, 0.25) is 5.02 Å². The summed E-state index contributed by atoms with van der Waals surface area (Å²) in [6, 6.07) is 19.3. The highest BCUT2D eigenvalue weighted by atomic mass is 35.5. The van der Waals surface area contributed by atoms with Gasteiger partial charge in [-0.1, -0.05) is 66.2 Å². The second-order valence-electron chi connectivity index (χ2n) is 6.83. The van der Waals surface area contributed by atoms with Gasteiger partial charge < -0.3 is 5.11 Å².